The predicted octanol–water partition coefficient (Wildman–Crippen LogP) is 3.55. The highest BCUT2D eigenvalue weighted by atomic mass is 35.5. The van der Waals surface area contributed by atoms with Crippen LogP contribution in [0, 0.1) is 13.8 Å². The third-order valence-corrected chi connectivity index (χ3v) is 4.87. The number of furan rings is 1. The van der Waals surface area contributed by atoms with Crippen LogP contribution in [-0.2, 0) is 6.54 Å². The monoisotopic (exact) mass is 444 g/mol. The minimum atomic E-state index is -0.476. The van der Waals surface area contributed by atoms with E-state index in [0.717, 1.165) is 11.4 Å². The van der Waals surface area contributed by atoms with Crippen molar-refractivity contribution in [2.75, 3.05) is 18.5 Å². The molecule has 3 aromatic rings. The molecule has 1 aromatic carbocycles. The number of aliphatic hydroxyl groups is 1. The molecular formula is C22H25ClN4O4. The number of aromatic nitrogens is 2. The first-order valence-corrected chi connectivity index (χ1v) is 10.3. The van der Waals surface area contributed by atoms with E-state index in [1.165, 1.54) is 6.07 Å². The zero-order chi connectivity index (χ0) is 22.4. The molecular weight excluding hydrogens is 420 g/mol. The molecule has 0 aliphatic rings. The van der Waals surface area contributed by atoms with Gasteiger partial charge in [-0.15, -0.1) is 0 Å². The molecule has 0 saturated heterocycles. The summed E-state index contributed by atoms with van der Waals surface area (Å²) < 4.78 is 7.48. The molecule has 31 heavy (non-hydrogen) atoms. The zero-order valence-corrected chi connectivity index (χ0v) is 18.2. The fourth-order valence-corrected chi connectivity index (χ4v) is 3.27. The first-order chi connectivity index (χ1) is 14.9. The number of rotatable bonds is 9. The fraction of sp³-hybridized carbons (Fsp3) is 0.318. The SMILES string of the molecule is Cc1cc(C)n(Cc2ccc(C(=O)Nc3ccc(Cl)cc3C(=O)NCCCCO)o2)n1. The molecule has 3 rings (SSSR count). The van der Waals surface area contributed by atoms with Crippen LogP contribution in [0.4, 0.5) is 5.69 Å². The molecule has 9 heteroatoms. The zero-order valence-electron chi connectivity index (χ0n) is 17.4. The van der Waals surface area contributed by atoms with E-state index in [2.05, 4.69) is 15.7 Å². The summed E-state index contributed by atoms with van der Waals surface area (Å²) in [5.74, 6) is -0.119. The first kappa shape index (κ1) is 22.6. The molecule has 0 bridgehead atoms. The summed E-state index contributed by atoms with van der Waals surface area (Å²) in [6.07, 6.45) is 1.24. The number of nitrogens with zero attached hydrogens (tertiary/aromatic N) is 2. The van der Waals surface area contributed by atoms with Crippen molar-refractivity contribution in [2.24, 2.45) is 0 Å². The van der Waals surface area contributed by atoms with Crippen molar-refractivity contribution in [1.82, 2.24) is 15.1 Å². The van der Waals surface area contributed by atoms with E-state index >= 15 is 0 Å². The van der Waals surface area contributed by atoms with Crippen molar-refractivity contribution in [2.45, 2.75) is 33.2 Å². The number of halogens is 1. The van der Waals surface area contributed by atoms with Gasteiger partial charge in [0, 0.05) is 23.9 Å². The Morgan fingerprint density at radius 3 is 2.65 bits per heavy atom. The van der Waals surface area contributed by atoms with Gasteiger partial charge in [0.1, 0.15) is 5.76 Å². The number of hydrogen-bond acceptors (Lipinski definition) is 5. The molecule has 0 aliphatic heterocycles. The first-order valence-electron chi connectivity index (χ1n) is 9.97. The van der Waals surface area contributed by atoms with Gasteiger partial charge in [-0.1, -0.05) is 11.6 Å². The van der Waals surface area contributed by atoms with Crippen molar-refractivity contribution >= 4 is 29.1 Å². The Morgan fingerprint density at radius 2 is 1.94 bits per heavy atom. The Labute approximate surface area is 185 Å². The highest BCUT2D eigenvalue weighted by Crippen LogP contribution is 2.22. The Hall–Kier alpha value is -3.10. The lowest BCUT2D eigenvalue weighted by Crippen LogP contribution is -2.26. The lowest BCUT2D eigenvalue weighted by atomic mass is 10.1. The minimum absolute atomic E-state index is 0.0685. The van der Waals surface area contributed by atoms with E-state index in [-0.39, 0.29) is 23.8 Å². The maximum absolute atomic E-state index is 12.7. The third kappa shape index (κ3) is 5.96. The average molecular weight is 445 g/mol. The van der Waals surface area contributed by atoms with Crippen LogP contribution >= 0.6 is 11.6 Å². The van der Waals surface area contributed by atoms with Gasteiger partial charge in [0.15, 0.2) is 5.76 Å². The summed E-state index contributed by atoms with van der Waals surface area (Å²) in [5.41, 5.74) is 2.48. The maximum atomic E-state index is 12.7. The van der Waals surface area contributed by atoms with Gasteiger partial charge in [-0.25, -0.2) is 0 Å². The summed E-state index contributed by atoms with van der Waals surface area (Å²) >= 11 is 6.04. The molecule has 0 radical (unpaired) electrons. The Balaban J connectivity index is 1.69. The van der Waals surface area contributed by atoms with Gasteiger partial charge in [-0.05, 0) is 63.1 Å². The lowest BCUT2D eigenvalue weighted by Gasteiger charge is -2.11. The van der Waals surface area contributed by atoms with Crippen LogP contribution < -0.4 is 10.6 Å². The number of carbonyl (C=O) groups is 2. The highest BCUT2D eigenvalue weighted by Gasteiger charge is 2.17. The number of aryl methyl sites for hydroxylation is 2. The summed E-state index contributed by atoms with van der Waals surface area (Å²) in [4.78, 5) is 25.2. The van der Waals surface area contributed by atoms with Crippen LogP contribution in [0.15, 0.2) is 40.8 Å². The van der Waals surface area contributed by atoms with Gasteiger partial charge in [-0.2, -0.15) is 5.10 Å². The van der Waals surface area contributed by atoms with Crippen molar-refractivity contribution in [1.29, 1.82) is 0 Å². The normalized spacial score (nSPS) is 10.8. The molecule has 2 aromatic heterocycles. The number of benzene rings is 1. The smallest absolute Gasteiger partial charge is 0.291 e. The Bertz CT molecular complexity index is 1070. The summed E-state index contributed by atoms with van der Waals surface area (Å²) in [6.45, 7) is 4.76. The van der Waals surface area contributed by atoms with Gasteiger partial charge >= 0.3 is 0 Å². The summed E-state index contributed by atoms with van der Waals surface area (Å²) in [5, 5.41) is 19.1. The number of nitrogens with one attached hydrogen (secondary N) is 2. The van der Waals surface area contributed by atoms with Crippen molar-refractivity contribution < 1.29 is 19.1 Å². The number of anilines is 1. The predicted molar refractivity (Wildman–Crippen MR) is 118 cm³/mol. The van der Waals surface area contributed by atoms with Gasteiger partial charge in [0.2, 0.25) is 0 Å². The number of hydrogen-bond donors (Lipinski definition) is 3. The van der Waals surface area contributed by atoms with Crippen LogP contribution in [0.25, 0.3) is 0 Å². The van der Waals surface area contributed by atoms with E-state index in [1.54, 1.807) is 28.9 Å². The van der Waals surface area contributed by atoms with Crippen molar-refractivity contribution in [3.8, 4) is 0 Å². The molecule has 8 nitrogen and oxygen atoms in total. The number of aliphatic hydroxyl groups excluding tert-OH is 1. The molecule has 2 amide bonds. The van der Waals surface area contributed by atoms with E-state index in [1.807, 2.05) is 19.9 Å². The second-order valence-corrected chi connectivity index (χ2v) is 7.62. The molecule has 0 unspecified atom stereocenters. The van der Waals surface area contributed by atoms with E-state index < -0.39 is 5.91 Å². The molecule has 0 atom stereocenters. The second kappa shape index (κ2) is 10.3. The maximum Gasteiger partial charge on any atom is 0.291 e. The largest absolute Gasteiger partial charge is 0.454 e. The van der Waals surface area contributed by atoms with Crippen LogP contribution in [0.3, 0.4) is 0 Å². The van der Waals surface area contributed by atoms with Crippen LogP contribution in [0.5, 0.6) is 0 Å². The van der Waals surface area contributed by atoms with E-state index in [9.17, 15) is 9.59 Å². The van der Waals surface area contributed by atoms with Gasteiger partial charge in [-0.3, -0.25) is 14.3 Å². The quantitative estimate of drug-likeness (QED) is 0.437. The third-order valence-electron chi connectivity index (χ3n) is 4.64. The second-order valence-electron chi connectivity index (χ2n) is 7.18. The van der Waals surface area contributed by atoms with Crippen molar-refractivity contribution in [3.05, 3.63) is 69.9 Å². The molecule has 3 N–H and O–H groups in total. The molecule has 164 valence electrons. The number of amides is 2. The topological polar surface area (TPSA) is 109 Å². The summed E-state index contributed by atoms with van der Waals surface area (Å²) in [7, 11) is 0. The van der Waals surface area contributed by atoms with Gasteiger partial charge in [0.25, 0.3) is 11.8 Å². The molecule has 0 saturated carbocycles. The lowest BCUT2D eigenvalue weighted by molar-refractivity contribution is 0.0953. The summed E-state index contributed by atoms with van der Waals surface area (Å²) in [6, 6.07) is 9.93. The van der Waals surface area contributed by atoms with Crippen molar-refractivity contribution in [3.63, 3.8) is 0 Å². The molecule has 0 fully saturated rings. The highest BCUT2D eigenvalue weighted by molar-refractivity contribution is 6.31. The number of unbranched alkanes of at least 4 members (excludes halogenated alkanes) is 1. The minimum Gasteiger partial charge on any atom is -0.454 e. The van der Waals surface area contributed by atoms with Crippen LogP contribution in [-0.4, -0.2) is 39.9 Å². The standard InChI is InChI=1S/C22H25ClN4O4/c1-14-11-15(2)27(26-14)13-17-6-8-20(31-17)22(30)25-19-7-5-16(23)12-18(19)21(29)24-9-3-4-10-28/h5-8,11-12,28H,3-4,9-10,13H2,1-2H3,(H,24,29)(H,25,30). The van der Waals surface area contributed by atoms with E-state index in [0.29, 0.717) is 42.4 Å². The number of carbonyl (C=O) groups excluding carboxylic acids is 2. The van der Waals surface area contributed by atoms with Crippen LogP contribution in [0.2, 0.25) is 5.02 Å². The fourth-order valence-electron chi connectivity index (χ4n) is 3.10. The Morgan fingerprint density at radius 1 is 1.13 bits per heavy atom. The van der Waals surface area contributed by atoms with Gasteiger partial charge in [0.05, 0.1) is 23.5 Å². The molecule has 2 heterocycles. The average Bonchev–Trinajstić information content (AvgIpc) is 3.32. The van der Waals surface area contributed by atoms with Gasteiger partial charge < -0.3 is 20.2 Å². The van der Waals surface area contributed by atoms with Crippen LogP contribution in [0.1, 0.15) is 50.9 Å². The molecule has 0 spiro atoms. The van der Waals surface area contributed by atoms with E-state index in [4.69, 9.17) is 21.1 Å². The Kier molecular flexibility index (Phi) is 7.49. The molecule has 0 aliphatic carbocycles.